The lowest BCUT2D eigenvalue weighted by Crippen LogP contribution is -2.41. The Kier molecular flexibility index (Phi) is 5.76. The van der Waals surface area contributed by atoms with E-state index in [1.807, 2.05) is 20.8 Å². The highest BCUT2D eigenvalue weighted by atomic mass is 16.6. The summed E-state index contributed by atoms with van der Waals surface area (Å²) in [4.78, 5) is 22.2. The fourth-order valence-corrected chi connectivity index (χ4v) is 2.49. The van der Waals surface area contributed by atoms with Crippen molar-refractivity contribution in [2.45, 2.75) is 51.9 Å². The lowest BCUT2D eigenvalue weighted by atomic mass is 10.2. The van der Waals surface area contributed by atoms with E-state index >= 15 is 0 Å². The number of aromatic nitrogens is 2. The fourth-order valence-electron chi connectivity index (χ4n) is 2.49. The van der Waals surface area contributed by atoms with Crippen molar-refractivity contribution in [1.82, 2.24) is 14.9 Å². The van der Waals surface area contributed by atoms with Crippen LogP contribution in [0.2, 0.25) is 0 Å². The molecule has 1 aromatic rings. The molecule has 23 heavy (non-hydrogen) atoms. The van der Waals surface area contributed by atoms with Crippen molar-refractivity contribution in [2.75, 3.05) is 20.3 Å². The number of ether oxygens (including phenoxy) is 3. The molecular formula is C16H25N3O4. The minimum absolute atomic E-state index is 0.0347. The van der Waals surface area contributed by atoms with E-state index in [9.17, 15) is 4.79 Å². The molecule has 1 atom stereocenters. The van der Waals surface area contributed by atoms with Gasteiger partial charge in [-0.3, -0.25) is 4.98 Å². The van der Waals surface area contributed by atoms with E-state index < -0.39 is 5.60 Å². The van der Waals surface area contributed by atoms with Gasteiger partial charge in [-0.25, -0.2) is 9.78 Å². The van der Waals surface area contributed by atoms with Gasteiger partial charge in [0, 0.05) is 18.9 Å². The summed E-state index contributed by atoms with van der Waals surface area (Å²) in [5, 5.41) is 0. The zero-order chi connectivity index (χ0) is 16.9. The summed E-state index contributed by atoms with van der Waals surface area (Å²) in [6.07, 6.45) is 4.77. The number of likely N-dealkylation sites (tertiary alicyclic amines) is 1. The number of nitrogens with zero attached hydrogens (tertiary/aromatic N) is 3. The largest absolute Gasteiger partial charge is 0.480 e. The van der Waals surface area contributed by atoms with Gasteiger partial charge in [0.05, 0.1) is 26.4 Å². The van der Waals surface area contributed by atoms with E-state index in [2.05, 4.69) is 9.97 Å². The molecule has 1 aliphatic rings. The Labute approximate surface area is 137 Å². The summed E-state index contributed by atoms with van der Waals surface area (Å²) in [7, 11) is 1.55. The molecule has 2 heterocycles. The van der Waals surface area contributed by atoms with Gasteiger partial charge in [-0.2, -0.15) is 0 Å². The Balaban J connectivity index is 1.86. The van der Waals surface area contributed by atoms with Gasteiger partial charge >= 0.3 is 6.09 Å². The molecule has 0 bridgehead atoms. The minimum atomic E-state index is -0.488. The summed E-state index contributed by atoms with van der Waals surface area (Å²) in [5.74, 6) is 0.461. The molecular weight excluding hydrogens is 298 g/mol. The van der Waals surface area contributed by atoms with Gasteiger partial charge in [-0.1, -0.05) is 0 Å². The summed E-state index contributed by atoms with van der Waals surface area (Å²) in [6, 6.07) is 0.0347. The molecule has 0 unspecified atom stereocenters. The Morgan fingerprint density at radius 1 is 1.35 bits per heavy atom. The zero-order valence-electron chi connectivity index (χ0n) is 14.2. The standard InChI is InChI=1S/C16H25N3O4/c1-16(2,3)23-15(20)19-9-5-6-12(19)10-22-11-13-14(21-4)18-8-7-17-13/h7-8,12H,5-6,9-11H2,1-4H3/t12-/m1/s1. The third kappa shape index (κ3) is 5.06. The molecule has 1 saturated heterocycles. The first kappa shape index (κ1) is 17.5. The Bertz CT molecular complexity index is 530. The molecule has 0 aromatic carbocycles. The fraction of sp³-hybridized carbons (Fsp3) is 0.688. The van der Waals surface area contributed by atoms with Crippen molar-refractivity contribution in [1.29, 1.82) is 0 Å². The summed E-state index contributed by atoms with van der Waals surface area (Å²) in [6.45, 7) is 7.05. The van der Waals surface area contributed by atoms with E-state index in [0.29, 0.717) is 31.3 Å². The number of rotatable bonds is 5. The van der Waals surface area contributed by atoms with E-state index in [1.165, 1.54) is 0 Å². The van der Waals surface area contributed by atoms with Crippen molar-refractivity contribution in [2.24, 2.45) is 0 Å². The highest BCUT2D eigenvalue weighted by Gasteiger charge is 2.32. The number of methoxy groups -OCH3 is 1. The van der Waals surface area contributed by atoms with Gasteiger partial charge in [0.25, 0.3) is 0 Å². The molecule has 0 N–H and O–H groups in total. The van der Waals surface area contributed by atoms with Crippen LogP contribution in [-0.4, -0.2) is 52.9 Å². The van der Waals surface area contributed by atoms with Crippen LogP contribution in [0.25, 0.3) is 0 Å². The molecule has 0 radical (unpaired) electrons. The van der Waals surface area contributed by atoms with E-state index in [-0.39, 0.29) is 12.1 Å². The Morgan fingerprint density at radius 2 is 2.09 bits per heavy atom. The lowest BCUT2D eigenvalue weighted by molar-refractivity contribution is 0.00834. The highest BCUT2D eigenvalue weighted by molar-refractivity contribution is 5.68. The van der Waals surface area contributed by atoms with E-state index in [1.54, 1.807) is 24.4 Å². The molecule has 1 fully saturated rings. The molecule has 1 amide bonds. The first-order valence-electron chi connectivity index (χ1n) is 7.82. The summed E-state index contributed by atoms with van der Waals surface area (Å²) in [5.41, 5.74) is 0.162. The number of carbonyl (C=O) groups excluding carboxylic acids is 1. The van der Waals surface area contributed by atoms with Crippen LogP contribution in [0.1, 0.15) is 39.3 Å². The van der Waals surface area contributed by atoms with Gasteiger partial charge in [-0.05, 0) is 33.6 Å². The Hall–Kier alpha value is -1.89. The van der Waals surface area contributed by atoms with E-state index in [0.717, 1.165) is 12.8 Å². The van der Waals surface area contributed by atoms with Crippen LogP contribution < -0.4 is 4.74 Å². The topological polar surface area (TPSA) is 73.8 Å². The second-order valence-electron chi connectivity index (χ2n) is 6.50. The van der Waals surface area contributed by atoms with Gasteiger partial charge in [0.2, 0.25) is 5.88 Å². The van der Waals surface area contributed by atoms with Crippen LogP contribution in [0.3, 0.4) is 0 Å². The Morgan fingerprint density at radius 3 is 2.78 bits per heavy atom. The molecule has 7 heteroatoms. The smallest absolute Gasteiger partial charge is 0.410 e. The number of hydrogen-bond donors (Lipinski definition) is 0. The predicted molar refractivity (Wildman–Crippen MR) is 84.2 cm³/mol. The first-order valence-corrected chi connectivity index (χ1v) is 7.82. The molecule has 0 saturated carbocycles. The maximum absolute atomic E-state index is 12.2. The molecule has 1 aromatic heterocycles. The summed E-state index contributed by atoms with van der Waals surface area (Å²) >= 11 is 0. The molecule has 0 aliphatic carbocycles. The molecule has 1 aliphatic heterocycles. The van der Waals surface area contributed by atoms with Gasteiger partial charge in [-0.15, -0.1) is 0 Å². The van der Waals surface area contributed by atoms with Gasteiger partial charge in [0.1, 0.15) is 11.3 Å². The first-order chi connectivity index (χ1) is 10.9. The third-order valence-corrected chi connectivity index (χ3v) is 3.48. The van der Waals surface area contributed by atoms with Crippen LogP contribution in [0.15, 0.2) is 12.4 Å². The molecule has 2 rings (SSSR count). The van der Waals surface area contributed by atoms with Crippen molar-refractivity contribution >= 4 is 6.09 Å². The molecule has 0 spiro atoms. The molecule has 128 valence electrons. The average molecular weight is 323 g/mol. The van der Waals surface area contributed by atoms with Crippen LogP contribution >= 0.6 is 0 Å². The van der Waals surface area contributed by atoms with Crippen LogP contribution in [0.4, 0.5) is 4.79 Å². The highest BCUT2D eigenvalue weighted by Crippen LogP contribution is 2.21. The quantitative estimate of drug-likeness (QED) is 0.828. The SMILES string of the molecule is COc1nccnc1COC[C@H]1CCCN1C(=O)OC(C)(C)C. The van der Waals surface area contributed by atoms with Crippen LogP contribution in [0.5, 0.6) is 5.88 Å². The second kappa shape index (κ2) is 7.59. The minimum Gasteiger partial charge on any atom is -0.480 e. The van der Waals surface area contributed by atoms with Crippen molar-refractivity contribution in [3.05, 3.63) is 18.1 Å². The summed E-state index contributed by atoms with van der Waals surface area (Å²) < 4.78 is 16.3. The average Bonchev–Trinajstić information content (AvgIpc) is 2.94. The van der Waals surface area contributed by atoms with Crippen molar-refractivity contribution in [3.8, 4) is 5.88 Å². The number of carbonyl (C=O) groups is 1. The molecule has 7 nitrogen and oxygen atoms in total. The van der Waals surface area contributed by atoms with Gasteiger partial charge < -0.3 is 19.1 Å². The van der Waals surface area contributed by atoms with Crippen LogP contribution in [-0.2, 0) is 16.1 Å². The number of hydrogen-bond acceptors (Lipinski definition) is 6. The van der Waals surface area contributed by atoms with Crippen molar-refractivity contribution < 1.29 is 19.0 Å². The van der Waals surface area contributed by atoms with Gasteiger partial charge in [0.15, 0.2) is 0 Å². The predicted octanol–water partition coefficient (Wildman–Crippen LogP) is 2.40. The van der Waals surface area contributed by atoms with Crippen molar-refractivity contribution in [3.63, 3.8) is 0 Å². The monoisotopic (exact) mass is 323 g/mol. The maximum Gasteiger partial charge on any atom is 0.410 e. The third-order valence-electron chi connectivity index (χ3n) is 3.48. The normalized spacial score (nSPS) is 18.1. The maximum atomic E-state index is 12.2. The lowest BCUT2D eigenvalue weighted by Gasteiger charge is -2.28. The van der Waals surface area contributed by atoms with Crippen LogP contribution in [0, 0.1) is 0 Å². The number of amides is 1. The van der Waals surface area contributed by atoms with E-state index in [4.69, 9.17) is 14.2 Å². The zero-order valence-corrected chi connectivity index (χ0v) is 14.2. The second-order valence-corrected chi connectivity index (χ2v) is 6.50.